The van der Waals surface area contributed by atoms with Gasteiger partial charge in [-0.2, -0.15) is 19.9 Å². The topological polar surface area (TPSA) is 142 Å². The Balaban J connectivity index is 1.36. The highest BCUT2D eigenvalue weighted by molar-refractivity contribution is 5.92. The lowest BCUT2D eigenvalue weighted by atomic mass is 10.1. The van der Waals surface area contributed by atoms with Crippen LogP contribution in [0.2, 0.25) is 0 Å². The number of anilines is 1. The van der Waals surface area contributed by atoms with E-state index in [0.717, 1.165) is 28.3 Å². The summed E-state index contributed by atoms with van der Waals surface area (Å²) in [5, 5.41) is 11.2. The predicted molar refractivity (Wildman–Crippen MR) is 122 cm³/mol. The summed E-state index contributed by atoms with van der Waals surface area (Å²) in [5.74, 6) is 0.272. The number of amides is 1. The van der Waals surface area contributed by atoms with Crippen LogP contribution < -0.4 is 5.32 Å². The maximum absolute atomic E-state index is 12.4. The summed E-state index contributed by atoms with van der Waals surface area (Å²) in [6.45, 7) is 8.85. The Morgan fingerprint density at radius 2 is 1.74 bits per heavy atom. The van der Waals surface area contributed by atoms with Crippen LogP contribution in [0.15, 0.2) is 18.5 Å². The van der Waals surface area contributed by atoms with Crippen LogP contribution in [0.4, 0.5) is 5.82 Å². The van der Waals surface area contributed by atoms with E-state index in [1.54, 1.807) is 17.5 Å². The lowest BCUT2D eigenvalue weighted by molar-refractivity contribution is -0.147. The van der Waals surface area contributed by atoms with Crippen LogP contribution in [0, 0.1) is 34.6 Å². The number of carbonyl (C=O) groups is 2. The van der Waals surface area contributed by atoms with E-state index in [9.17, 15) is 9.59 Å². The van der Waals surface area contributed by atoms with Gasteiger partial charge in [0, 0.05) is 35.3 Å². The van der Waals surface area contributed by atoms with Crippen molar-refractivity contribution in [3.63, 3.8) is 0 Å². The molecule has 0 radical (unpaired) electrons. The number of rotatable bonds is 7. The molecule has 0 fully saturated rings. The molecule has 0 aliphatic carbocycles. The number of carbonyl (C=O) groups excluding carboxylic acids is 2. The zero-order valence-electron chi connectivity index (χ0n) is 19.7. The molecule has 12 nitrogen and oxygen atoms in total. The molecule has 1 N–H and O–H groups in total. The average Bonchev–Trinajstić information content (AvgIpc) is 3.37. The first-order valence-electron chi connectivity index (χ1n) is 10.7. The molecule has 4 aromatic heterocycles. The molecule has 0 bridgehead atoms. The van der Waals surface area contributed by atoms with E-state index < -0.39 is 18.5 Å². The first-order chi connectivity index (χ1) is 16.2. The molecule has 0 saturated carbocycles. The van der Waals surface area contributed by atoms with Crippen molar-refractivity contribution in [3.8, 4) is 5.95 Å². The third-order valence-corrected chi connectivity index (χ3v) is 5.19. The first-order valence-corrected chi connectivity index (χ1v) is 10.7. The molecule has 4 heterocycles. The third kappa shape index (κ3) is 4.90. The Hall–Kier alpha value is -4.22. The number of aryl methyl sites for hydroxylation is 5. The van der Waals surface area contributed by atoms with Gasteiger partial charge in [-0.15, -0.1) is 0 Å². The Morgan fingerprint density at radius 1 is 1.00 bits per heavy atom. The monoisotopic (exact) mass is 463 g/mol. The van der Waals surface area contributed by atoms with E-state index in [0.29, 0.717) is 29.7 Å². The van der Waals surface area contributed by atoms with Gasteiger partial charge in [-0.25, -0.2) is 19.5 Å². The third-order valence-electron chi connectivity index (χ3n) is 5.19. The van der Waals surface area contributed by atoms with E-state index in [1.807, 2.05) is 33.8 Å². The number of nitrogens with one attached hydrogen (secondary N) is 1. The van der Waals surface area contributed by atoms with Crippen LogP contribution >= 0.6 is 0 Å². The van der Waals surface area contributed by atoms with Gasteiger partial charge in [0.25, 0.3) is 17.6 Å². The van der Waals surface area contributed by atoms with Gasteiger partial charge in [0.15, 0.2) is 6.61 Å². The summed E-state index contributed by atoms with van der Waals surface area (Å²) < 4.78 is 8.26. The molecule has 0 aliphatic heterocycles. The quantitative estimate of drug-likeness (QED) is 0.406. The second-order valence-electron chi connectivity index (χ2n) is 7.98. The number of aromatic nitrogens is 8. The van der Waals surface area contributed by atoms with Crippen molar-refractivity contribution in [3.05, 3.63) is 52.5 Å². The van der Waals surface area contributed by atoms with E-state index >= 15 is 0 Å². The van der Waals surface area contributed by atoms with Crippen molar-refractivity contribution in [1.29, 1.82) is 0 Å². The van der Waals surface area contributed by atoms with Gasteiger partial charge in [-0.1, -0.05) is 0 Å². The molecule has 12 heteroatoms. The lowest BCUT2D eigenvalue weighted by Gasteiger charge is -2.11. The second-order valence-corrected chi connectivity index (χ2v) is 7.98. The van der Waals surface area contributed by atoms with Crippen LogP contribution in [-0.2, 0) is 20.7 Å². The molecular weight excluding hydrogens is 438 g/mol. The summed E-state index contributed by atoms with van der Waals surface area (Å²) in [6, 6.07) is 3.54. The number of esters is 1. The van der Waals surface area contributed by atoms with Gasteiger partial charge in [0.2, 0.25) is 0 Å². The van der Waals surface area contributed by atoms with Crippen LogP contribution in [0.1, 0.15) is 40.5 Å². The molecule has 0 unspecified atom stereocenters. The molecular formula is C22H25N9O3. The number of fused-ring (bicyclic) bond motifs is 1. The molecule has 0 spiro atoms. The summed E-state index contributed by atoms with van der Waals surface area (Å²) in [6.07, 6.45) is 1.95. The molecule has 34 heavy (non-hydrogen) atoms. The Kier molecular flexibility index (Phi) is 6.30. The highest BCUT2D eigenvalue weighted by atomic mass is 16.5. The van der Waals surface area contributed by atoms with Gasteiger partial charge in [-0.05, 0) is 52.7 Å². The molecule has 1 amide bonds. The summed E-state index contributed by atoms with van der Waals surface area (Å²) in [5.41, 5.74) is 4.78. The van der Waals surface area contributed by atoms with Gasteiger partial charge in [0.1, 0.15) is 12.1 Å². The Bertz CT molecular complexity index is 1370. The molecule has 0 aromatic carbocycles. The van der Waals surface area contributed by atoms with Gasteiger partial charge >= 0.3 is 5.97 Å². The van der Waals surface area contributed by atoms with Crippen molar-refractivity contribution in [1.82, 2.24) is 39.3 Å². The van der Waals surface area contributed by atoms with Gasteiger partial charge < -0.3 is 10.1 Å². The number of hydrogen-bond donors (Lipinski definition) is 1. The molecule has 4 rings (SSSR count). The van der Waals surface area contributed by atoms with E-state index in [1.165, 1.54) is 11.0 Å². The molecule has 0 atom stereocenters. The van der Waals surface area contributed by atoms with E-state index in [4.69, 9.17) is 4.74 Å². The fraction of sp³-hybridized carbons (Fsp3) is 0.364. The number of hydrogen-bond acceptors (Lipinski definition) is 9. The maximum atomic E-state index is 12.4. The molecule has 176 valence electrons. The zero-order valence-corrected chi connectivity index (χ0v) is 19.7. The fourth-order valence-electron chi connectivity index (χ4n) is 3.68. The SMILES string of the molecule is Cc1cc(C)nc(-n2nc(C)cc2NC(=O)COC(=O)CCc2c(C)nc3ncnn3c2C)n1. The minimum absolute atomic E-state index is 0.101. The van der Waals surface area contributed by atoms with Crippen molar-refractivity contribution in [2.45, 2.75) is 47.5 Å². The van der Waals surface area contributed by atoms with Crippen LogP contribution in [0.25, 0.3) is 11.7 Å². The van der Waals surface area contributed by atoms with Crippen LogP contribution in [0.3, 0.4) is 0 Å². The molecule has 0 saturated heterocycles. The maximum Gasteiger partial charge on any atom is 0.306 e. The smallest absolute Gasteiger partial charge is 0.306 e. The predicted octanol–water partition coefficient (Wildman–Crippen LogP) is 1.76. The van der Waals surface area contributed by atoms with Gasteiger partial charge in [-0.3, -0.25) is 9.59 Å². The summed E-state index contributed by atoms with van der Waals surface area (Å²) in [7, 11) is 0. The molecule has 0 aliphatic rings. The number of nitrogens with zero attached hydrogens (tertiary/aromatic N) is 8. The van der Waals surface area contributed by atoms with Crippen molar-refractivity contribution in [2.24, 2.45) is 0 Å². The average molecular weight is 464 g/mol. The molecule has 4 aromatic rings. The highest BCUT2D eigenvalue weighted by Crippen LogP contribution is 2.16. The van der Waals surface area contributed by atoms with Crippen LogP contribution in [0.5, 0.6) is 0 Å². The Labute approximate surface area is 195 Å². The van der Waals surface area contributed by atoms with Crippen LogP contribution in [-0.4, -0.2) is 57.8 Å². The highest BCUT2D eigenvalue weighted by Gasteiger charge is 2.16. The minimum atomic E-state index is -0.491. The lowest BCUT2D eigenvalue weighted by Crippen LogP contribution is -2.23. The largest absolute Gasteiger partial charge is 0.456 e. The minimum Gasteiger partial charge on any atom is -0.456 e. The summed E-state index contributed by atoms with van der Waals surface area (Å²) in [4.78, 5) is 42.0. The zero-order chi connectivity index (χ0) is 24.4. The van der Waals surface area contributed by atoms with E-state index in [-0.39, 0.29) is 6.42 Å². The Morgan fingerprint density at radius 3 is 2.47 bits per heavy atom. The van der Waals surface area contributed by atoms with Gasteiger partial charge in [0.05, 0.1) is 5.69 Å². The van der Waals surface area contributed by atoms with Crippen molar-refractivity contribution in [2.75, 3.05) is 11.9 Å². The van der Waals surface area contributed by atoms with E-state index in [2.05, 4.69) is 35.5 Å². The fourth-order valence-corrected chi connectivity index (χ4v) is 3.68. The number of ether oxygens (including phenoxy) is 1. The first kappa shape index (κ1) is 23.0. The second kappa shape index (κ2) is 9.33. The van der Waals surface area contributed by atoms with Crippen molar-refractivity contribution < 1.29 is 14.3 Å². The van der Waals surface area contributed by atoms with Crippen molar-refractivity contribution >= 4 is 23.5 Å². The summed E-state index contributed by atoms with van der Waals surface area (Å²) >= 11 is 0. The normalized spacial score (nSPS) is 11.1. The standard InChI is InChI=1S/C22H25N9O3/c1-12-8-13(2)26-22(25-12)31-18(9-14(3)29-31)28-19(32)10-34-20(33)7-6-17-15(4)27-21-23-11-24-30(21)16(17)5/h8-9,11H,6-7,10H2,1-5H3,(H,28,32).